The maximum atomic E-state index is 13.5. The monoisotopic (exact) mass is 516 g/mol. The number of halogens is 2. The van der Waals surface area contributed by atoms with Crippen molar-refractivity contribution in [3.63, 3.8) is 0 Å². The second kappa shape index (κ2) is 10.0. The van der Waals surface area contributed by atoms with Crippen molar-refractivity contribution in [1.29, 1.82) is 0 Å². The highest BCUT2D eigenvalue weighted by atomic mass is 19.1. The Balaban J connectivity index is 1.30. The molecule has 5 aromatic rings. The molecule has 0 saturated heterocycles. The number of nitrogens with one attached hydrogen (secondary N) is 1. The molecule has 9 nitrogen and oxygen atoms in total. The van der Waals surface area contributed by atoms with Crippen molar-refractivity contribution in [2.45, 2.75) is 26.2 Å². The molecule has 0 saturated carbocycles. The summed E-state index contributed by atoms with van der Waals surface area (Å²) < 4.78 is 39.4. The van der Waals surface area contributed by atoms with E-state index in [2.05, 4.69) is 20.5 Å². The Morgan fingerprint density at radius 3 is 2.29 bits per heavy atom. The molecule has 38 heavy (non-hydrogen) atoms. The summed E-state index contributed by atoms with van der Waals surface area (Å²) in [4.78, 5) is 18.0. The number of fused-ring (bicyclic) bond motifs is 2. The molecule has 1 aliphatic heterocycles. The van der Waals surface area contributed by atoms with Crippen molar-refractivity contribution >= 4 is 10.9 Å². The summed E-state index contributed by atoms with van der Waals surface area (Å²) in [5.74, 6) is 1.14. The van der Waals surface area contributed by atoms with Crippen LogP contribution in [-0.4, -0.2) is 36.9 Å². The van der Waals surface area contributed by atoms with Crippen molar-refractivity contribution in [3.05, 3.63) is 111 Å². The quantitative estimate of drug-likeness (QED) is 0.335. The lowest BCUT2D eigenvalue weighted by Gasteiger charge is -2.22. The summed E-state index contributed by atoms with van der Waals surface area (Å²) in [5, 5.41) is 12.9. The number of hydrogen-bond donors (Lipinski definition) is 1. The van der Waals surface area contributed by atoms with E-state index in [0.717, 1.165) is 16.5 Å². The first kappa shape index (κ1) is 23.7. The summed E-state index contributed by atoms with van der Waals surface area (Å²) >= 11 is 0. The van der Waals surface area contributed by atoms with Crippen LogP contribution < -0.4 is 15.0 Å². The van der Waals surface area contributed by atoms with E-state index in [1.54, 1.807) is 35.0 Å². The minimum Gasteiger partial charge on any atom is -0.454 e. The molecule has 6 rings (SSSR count). The van der Waals surface area contributed by atoms with E-state index in [4.69, 9.17) is 9.47 Å². The van der Waals surface area contributed by atoms with Crippen LogP contribution in [0.1, 0.15) is 22.5 Å². The Morgan fingerprint density at radius 2 is 1.55 bits per heavy atom. The van der Waals surface area contributed by atoms with E-state index in [1.165, 1.54) is 24.3 Å². The lowest BCUT2D eigenvalue weighted by Crippen LogP contribution is -2.28. The summed E-state index contributed by atoms with van der Waals surface area (Å²) in [6, 6.07) is 17.8. The van der Waals surface area contributed by atoms with E-state index in [0.29, 0.717) is 48.0 Å². The number of aromatic nitrogens is 5. The van der Waals surface area contributed by atoms with Gasteiger partial charge in [-0.25, -0.2) is 13.5 Å². The number of tetrazole rings is 1. The number of nitrogens with zero attached hydrogens (tertiary/aromatic N) is 5. The molecule has 0 aliphatic carbocycles. The van der Waals surface area contributed by atoms with E-state index in [-0.39, 0.29) is 30.5 Å². The van der Waals surface area contributed by atoms with Gasteiger partial charge >= 0.3 is 0 Å². The molecule has 0 atom stereocenters. The summed E-state index contributed by atoms with van der Waals surface area (Å²) in [7, 11) is 0. The minimum absolute atomic E-state index is 0.140. The molecule has 3 heterocycles. The van der Waals surface area contributed by atoms with E-state index < -0.39 is 0 Å². The van der Waals surface area contributed by atoms with Crippen LogP contribution in [0, 0.1) is 11.6 Å². The van der Waals surface area contributed by atoms with Crippen molar-refractivity contribution in [2.24, 2.45) is 0 Å². The van der Waals surface area contributed by atoms with E-state index in [9.17, 15) is 13.6 Å². The number of aromatic amines is 1. The fourth-order valence-electron chi connectivity index (χ4n) is 4.44. The minimum atomic E-state index is -0.326. The number of hydrogen-bond acceptors (Lipinski definition) is 7. The van der Waals surface area contributed by atoms with Crippen LogP contribution in [0.2, 0.25) is 0 Å². The van der Waals surface area contributed by atoms with Crippen LogP contribution in [0.4, 0.5) is 8.78 Å². The smallest absolute Gasteiger partial charge is 0.252 e. The van der Waals surface area contributed by atoms with Gasteiger partial charge in [0.2, 0.25) is 6.79 Å². The predicted octanol–water partition coefficient (Wildman–Crippen LogP) is 3.77. The summed E-state index contributed by atoms with van der Waals surface area (Å²) in [5.41, 5.74) is 2.66. The first-order valence-electron chi connectivity index (χ1n) is 11.9. The third kappa shape index (κ3) is 5.09. The average Bonchev–Trinajstić information content (AvgIpc) is 3.55. The number of rotatable bonds is 8. The molecule has 192 valence electrons. The zero-order valence-corrected chi connectivity index (χ0v) is 20.1. The molecule has 3 aromatic carbocycles. The van der Waals surface area contributed by atoms with Crippen molar-refractivity contribution in [2.75, 3.05) is 6.79 Å². The Kier molecular flexibility index (Phi) is 6.26. The van der Waals surface area contributed by atoms with Gasteiger partial charge in [0.05, 0.1) is 18.6 Å². The van der Waals surface area contributed by atoms with Crippen molar-refractivity contribution in [3.8, 4) is 11.5 Å². The molecule has 0 radical (unpaired) electrons. The molecule has 0 bridgehead atoms. The number of ether oxygens (including phenoxy) is 2. The van der Waals surface area contributed by atoms with Gasteiger partial charge in [-0.1, -0.05) is 24.3 Å². The Morgan fingerprint density at radius 1 is 0.868 bits per heavy atom. The maximum Gasteiger partial charge on any atom is 0.252 e. The van der Waals surface area contributed by atoms with Gasteiger partial charge < -0.3 is 14.5 Å². The molecule has 11 heteroatoms. The lowest BCUT2D eigenvalue weighted by molar-refractivity contribution is 0.174. The molecule has 0 amide bonds. The van der Waals surface area contributed by atoms with E-state index >= 15 is 0 Å². The van der Waals surface area contributed by atoms with Crippen molar-refractivity contribution in [1.82, 2.24) is 30.1 Å². The van der Waals surface area contributed by atoms with Gasteiger partial charge in [-0.05, 0) is 58.0 Å². The zero-order valence-electron chi connectivity index (χ0n) is 20.1. The topological polar surface area (TPSA) is 98.2 Å². The largest absolute Gasteiger partial charge is 0.454 e. The van der Waals surface area contributed by atoms with Gasteiger partial charge in [0, 0.05) is 30.1 Å². The first-order valence-corrected chi connectivity index (χ1v) is 11.9. The molecular weight excluding hydrogens is 494 g/mol. The van der Waals surface area contributed by atoms with Crippen LogP contribution >= 0.6 is 0 Å². The molecule has 0 spiro atoms. The van der Waals surface area contributed by atoms with Crippen LogP contribution in [-0.2, 0) is 26.2 Å². The second-order valence-electron chi connectivity index (χ2n) is 9.07. The van der Waals surface area contributed by atoms with Gasteiger partial charge in [0.1, 0.15) is 11.6 Å². The maximum absolute atomic E-state index is 13.5. The molecule has 2 aromatic heterocycles. The highest BCUT2D eigenvalue weighted by Crippen LogP contribution is 2.35. The average molecular weight is 517 g/mol. The fraction of sp³-hybridized carbons (Fsp3) is 0.185. The van der Waals surface area contributed by atoms with Crippen LogP contribution in [0.25, 0.3) is 10.9 Å². The third-order valence-electron chi connectivity index (χ3n) is 6.34. The first-order chi connectivity index (χ1) is 18.5. The zero-order chi connectivity index (χ0) is 26.1. The Hall–Kier alpha value is -4.64. The highest BCUT2D eigenvalue weighted by Gasteiger charge is 2.18. The number of benzene rings is 3. The van der Waals surface area contributed by atoms with Gasteiger partial charge in [-0.2, -0.15) is 0 Å². The molecule has 0 unspecified atom stereocenters. The summed E-state index contributed by atoms with van der Waals surface area (Å²) in [6.07, 6.45) is 0. The Bertz CT molecular complexity index is 1650. The second-order valence-corrected chi connectivity index (χ2v) is 9.07. The third-order valence-corrected chi connectivity index (χ3v) is 6.34. The number of H-pyrrole nitrogens is 1. The van der Waals surface area contributed by atoms with Gasteiger partial charge in [-0.3, -0.25) is 9.69 Å². The normalized spacial score (nSPS) is 12.5. The molecule has 1 N–H and O–H groups in total. The standard InChI is InChI=1S/C27H22F2N6O3/c28-21-5-1-17(2-6-21)12-34(15-26-31-32-33-35(26)13-18-3-7-22(29)8-4-18)14-20-9-19-10-24-25(38-16-37-24)11-23(19)30-27(20)36/h1-11H,12-16H2,(H,30,36). The van der Waals surface area contributed by atoms with Crippen LogP contribution in [0.15, 0.2) is 71.5 Å². The predicted molar refractivity (Wildman–Crippen MR) is 133 cm³/mol. The highest BCUT2D eigenvalue weighted by molar-refractivity contribution is 5.83. The molecule has 1 aliphatic rings. The SMILES string of the molecule is O=c1[nH]c2cc3c(cc2cc1CN(Cc1ccc(F)cc1)Cc1nnnn1Cc1ccc(F)cc1)OCO3. The molecule has 0 fully saturated rings. The Labute approximate surface area is 215 Å². The van der Waals surface area contributed by atoms with Crippen LogP contribution in [0.3, 0.4) is 0 Å². The fourth-order valence-corrected chi connectivity index (χ4v) is 4.44. The van der Waals surface area contributed by atoms with Crippen molar-refractivity contribution < 1.29 is 18.3 Å². The van der Waals surface area contributed by atoms with Crippen LogP contribution in [0.5, 0.6) is 11.5 Å². The lowest BCUT2D eigenvalue weighted by atomic mass is 10.1. The van der Waals surface area contributed by atoms with E-state index in [1.807, 2.05) is 17.0 Å². The number of pyridine rings is 1. The van der Waals surface area contributed by atoms with Gasteiger partial charge in [-0.15, -0.1) is 5.10 Å². The van der Waals surface area contributed by atoms with Gasteiger partial charge in [0.15, 0.2) is 17.3 Å². The summed E-state index contributed by atoms with van der Waals surface area (Å²) in [6.45, 7) is 1.50. The molecular formula is C27H22F2N6O3. The van der Waals surface area contributed by atoms with Gasteiger partial charge in [0.25, 0.3) is 5.56 Å².